The fraction of sp³-hybridized carbons (Fsp3) is 0.250. The third-order valence-electron chi connectivity index (χ3n) is 4.89. The Labute approximate surface area is 174 Å². The highest BCUT2D eigenvalue weighted by Crippen LogP contribution is 2.40. The van der Waals surface area contributed by atoms with Gasteiger partial charge in [-0.05, 0) is 43.4 Å². The molecule has 0 radical (unpaired) electrons. The van der Waals surface area contributed by atoms with Gasteiger partial charge in [-0.15, -0.1) is 11.3 Å². The number of carbonyl (C=O) groups is 1. The lowest BCUT2D eigenvalue weighted by Crippen LogP contribution is -2.13. The monoisotopic (exact) mass is 422 g/mol. The lowest BCUT2D eigenvalue weighted by Gasteiger charge is -2.09. The first kappa shape index (κ1) is 19.4. The number of fused-ring (bicyclic) bond motifs is 2. The number of ether oxygens (including phenoxy) is 2. The number of nitro benzene ring substituents is 1. The summed E-state index contributed by atoms with van der Waals surface area (Å²) < 4.78 is 10.4. The van der Waals surface area contributed by atoms with Gasteiger partial charge in [0.25, 0.3) is 11.6 Å². The van der Waals surface area contributed by atoms with Gasteiger partial charge >= 0.3 is 0 Å². The van der Waals surface area contributed by atoms with Crippen LogP contribution in [0.3, 0.4) is 0 Å². The smallest absolute Gasteiger partial charge is 0.280 e. The zero-order valence-electron chi connectivity index (χ0n) is 15.6. The maximum atomic E-state index is 12.7. The van der Waals surface area contributed by atoms with Gasteiger partial charge in [0.05, 0.1) is 22.1 Å². The van der Waals surface area contributed by atoms with E-state index in [-0.39, 0.29) is 29.4 Å². The molecule has 0 atom stereocenters. The van der Waals surface area contributed by atoms with Gasteiger partial charge in [-0.2, -0.15) is 10.5 Å². The maximum absolute atomic E-state index is 12.7. The number of rotatable bonds is 4. The number of nitrogens with zero attached hydrogens (tertiary/aromatic N) is 3. The molecule has 0 bridgehead atoms. The van der Waals surface area contributed by atoms with E-state index in [0.29, 0.717) is 16.3 Å². The molecule has 2 heterocycles. The number of nitriles is 2. The third kappa shape index (κ3) is 3.45. The molecule has 9 nitrogen and oxygen atoms in total. The summed E-state index contributed by atoms with van der Waals surface area (Å²) in [5.41, 5.74) is 0.783. The molecule has 0 unspecified atom stereocenters. The zero-order valence-corrected chi connectivity index (χ0v) is 16.4. The van der Waals surface area contributed by atoms with Crippen molar-refractivity contribution in [1.29, 1.82) is 10.5 Å². The number of thiophene rings is 1. The summed E-state index contributed by atoms with van der Waals surface area (Å²) in [5.74, 6) is -0.216. The lowest BCUT2D eigenvalue weighted by atomic mass is 9.96. The van der Waals surface area contributed by atoms with Crippen LogP contribution in [0, 0.1) is 32.8 Å². The van der Waals surface area contributed by atoms with E-state index < -0.39 is 10.8 Å². The number of aryl methyl sites for hydroxylation is 1. The minimum atomic E-state index is -0.737. The van der Waals surface area contributed by atoms with Gasteiger partial charge in [0, 0.05) is 4.88 Å². The van der Waals surface area contributed by atoms with Crippen LogP contribution in [-0.4, -0.2) is 17.6 Å². The van der Waals surface area contributed by atoms with Crippen molar-refractivity contribution in [3.05, 3.63) is 49.4 Å². The summed E-state index contributed by atoms with van der Waals surface area (Å²) in [6.45, 7) is -0.0643. The molecule has 1 aliphatic carbocycles. The number of benzene rings is 1. The molecule has 2 aliphatic rings. The van der Waals surface area contributed by atoms with Gasteiger partial charge in [0.1, 0.15) is 22.7 Å². The second kappa shape index (κ2) is 7.85. The summed E-state index contributed by atoms with van der Waals surface area (Å²) in [4.78, 5) is 24.6. The number of hydrogen-bond donors (Lipinski definition) is 1. The van der Waals surface area contributed by atoms with Crippen molar-refractivity contribution in [2.45, 2.75) is 25.7 Å². The minimum Gasteiger partial charge on any atom is -0.454 e. The fourth-order valence-corrected chi connectivity index (χ4v) is 4.70. The number of amides is 1. The van der Waals surface area contributed by atoms with E-state index in [1.54, 1.807) is 6.07 Å². The summed E-state index contributed by atoms with van der Waals surface area (Å²) >= 11 is 1.34. The van der Waals surface area contributed by atoms with Crippen molar-refractivity contribution >= 4 is 34.0 Å². The van der Waals surface area contributed by atoms with E-state index in [0.717, 1.165) is 42.2 Å². The normalized spacial score (nSPS) is 14.4. The molecule has 0 spiro atoms. The summed E-state index contributed by atoms with van der Waals surface area (Å²) in [7, 11) is 0. The molecule has 4 rings (SSSR count). The largest absolute Gasteiger partial charge is 0.454 e. The Hall–Kier alpha value is -3.89. The van der Waals surface area contributed by atoms with Crippen LogP contribution < -0.4 is 14.8 Å². The van der Waals surface area contributed by atoms with Gasteiger partial charge < -0.3 is 14.8 Å². The van der Waals surface area contributed by atoms with E-state index in [9.17, 15) is 25.4 Å². The van der Waals surface area contributed by atoms with Gasteiger partial charge in [0.2, 0.25) is 6.79 Å². The second-order valence-electron chi connectivity index (χ2n) is 6.67. The molecule has 0 saturated heterocycles. The Balaban J connectivity index is 1.67. The van der Waals surface area contributed by atoms with Crippen LogP contribution in [0.5, 0.6) is 11.5 Å². The standard InChI is InChI=1S/C20H14N4O5S/c21-8-12(5-11-6-16-17(29-10-28-16)7-15(11)24(26)27)19(25)23-20-14(9-22)13-3-1-2-4-18(13)30-20/h5-7H,1-4,10H2,(H,23,25)/b12-5+. The number of hydrogen-bond acceptors (Lipinski definition) is 8. The van der Waals surface area contributed by atoms with Crippen molar-refractivity contribution in [3.63, 3.8) is 0 Å². The highest BCUT2D eigenvalue weighted by molar-refractivity contribution is 7.16. The van der Waals surface area contributed by atoms with E-state index in [4.69, 9.17) is 9.47 Å². The second-order valence-corrected chi connectivity index (χ2v) is 7.78. The van der Waals surface area contributed by atoms with Crippen LogP contribution in [-0.2, 0) is 17.6 Å². The maximum Gasteiger partial charge on any atom is 0.280 e. The highest BCUT2D eigenvalue weighted by atomic mass is 32.1. The Morgan fingerprint density at radius 2 is 1.97 bits per heavy atom. The first-order valence-electron chi connectivity index (χ1n) is 9.07. The molecule has 0 saturated carbocycles. The van der Waals surface area contributed by atoms with Gasteiger partial charge in [-0.1, -0.05) is 0 Å². The van der Waals surface area contributed by atoms with Crippen LogP contribution in [0.15, 0.2) is 17.7 Å². The van der Waals surface area contributed by atoms with Gasteiger partial charge in [0.15, 0.2) is 11.5 Å². The highest BCUT2D eigenvalue weighted by Gasteiger charge is 2.25. The Morgan fingerprint density at radius 3 is 2.67 bits per heavy atom. The number of nitrogens with one attached hydrogen (secondary N) is 1. The fourth-order valence-electron chi connectivity index (χ4n) is 3.47. The van der Waals surface area contributed by atoms with Gasteiger partial charge in [-0.3, -0.25) is 14.9 Å². The molecule has 1 aromatic heterocycles. The Morgan fingerprint density at radius 1 is 1.23 bits per heavy atom. The first-order valence-corrected chi connectivity index (χ1v) is 9.89. The molecule has 1 amide bonds. The molecular weight excluding hydrogens is 408 g/mol. The molecule has 1 aromatic carbocycles. The average molecular weight is 422 g/mol. The number of nitro groups is 1. The summed E-state index contributed by atoms with van der Waals surface area (Å²) in [6, 6.07) is 6.47. The van der Waals surface area contributed by atoms with Gasteiger partial charge in [-0.25, -0.2) is 0 Å². The van der Waals surface area contributed by atoms with E-state index in [2.05, 4.69) is 11.4 Å². The summed E-state index contributed by atoms with van der Waals surface area (Å²) in [5, 5.41) is 33.4. The van der Waals surface area contributed by atoms with Crippen LogP contribution in [0.2, 0.25) is 0 Å². The van der Waals surface area contributed by atoms with Crippen molar-refractivity contribution in [2.75, 3.05) is 12.1 Å². The molecule has 1 N–H and O–H groups in total. The third-order valence-corrected chi connectivity index (χ3v) is 6.10. The Bertz CT molecular complexity index is 1190. The quantitative estimate of drug-likeness (QED) is 0.343. The van der Waals surface area contributed by atoms with Crippen LogP contribution >= 0.6 is 11.3 Å². The zero-order chi connectivity index (χ0) is 21.3. The molecule has 2 aromatic rings. The van der Waals surface area contributed by atoms with Crippen LogP contribution in [0.25, 0.3) is 6.08 Å². The lowest BCUT2D eigenvalue weighted by molar-refractivity contribution is -0.385. The van der Waals surface area contributed by atoms with Crippen molar-refractivity contribution in [2.24, 2.45) is 0 Å². The molecule has 10 heteroatoms. The molecule has 150 valence electrons. The molecule has 1 aliphatic heterocycles. The Kier molecular flexibility index (Phi) is 5.09. The average Bonchev–Trinajstić information content (AvgIpc) is 3.34. The van der Waals surface area contributed by atoms with E-state index >= 15 is 0 Å². The topological polar surface area (TPSA) is 138 Å². The minimum absolute atomic E-state index is 0.0435. The molecule has 0 fully saturated rings. The summed E-state index contributed by atoms with van der Waals surface area (Å²) in [6.07, 6.45) is 4.80. The molecule has 30 heavy (non-hydrogen) atoms. The predicted molar refractivity (Wildman–Crippen MR) is 107 cm³/mol. The van der Waals surface area contributed by atoms with Crippen molar-refractivity contribution in [3.8, 4) is 23.6 Å². The van der Waals surface area contributed by atoms with Crippen molar-refractivity contribution in [1.82, 2.24) is 0 Å². The van der Waals surface area contributed by atoms with Crippen LogP contribution in [0.1, 0.15) is 34.4 Å². The predicted octanol–water partition coefficient (Wildman–Crippen LogP) is 3.68. The van der Waals surface area contributed by atoms with E-state index in [1.807, 2.05) is 0 Å². The van der Waals surface area contributed by atoms with Crippen molar-refractivity contribution < 1.29 is 19.2 Å². The first-order chi connectivity index (χ1) is 14.5. The molecular formula is C20H14N4O5S. The van der Waals surface area contributed by atoms with Crippen LogP contribution in [0.4, 0.5) is 10.7 Å². The number of carbonyl (C=O) groups excluding carboxylic acids is 1. The number of anilines is 1. The van der Waals surface area contributed by atoms with E-state index in [1.165, 1.54) is 23.5 Å². The SMILES string of the molecule is N#C/C(=C\c1cc2c(cc1[N+](=O)[O-])OCO2)C(=O)Nc1sc2c(c1C#N)CCCC2.